The minimum atomic E-state index is -4.07. The fourth-order valence-electron chi connectivity index (χ4n) is 3.56. The number of methoxy groups -OCH3 is 3. The molecule has 1 atom stereocenters. The summed E-state index contributed by atoms with van der Waals surface area (Å²) < 4.78 is 43.1. The maximum Gasteiger partial charge on any atom is 0.337 e. The van der Waals surface area contributed by atoms with E-state index in [1.807, 2.05) is 18.2 Å². The van der Waals surface area contributed by atoms with Crippen molar-refractivity contribution < 1.29 is 37.6 Å². The molecule has 0 amide bonds. The summed E-state index contributed by atoms with van der Waals surface area (Å²) in [6.07, 6.45) is -0.267. The van der Waals surface area contributed by atoms with Crippen LogP contribution in [0.3, 0.4) is 0 Å². The van der Waals surface area contributed by atoms with E-state index in [0.29, 0.717) is 30.0 Å². The topological polar surface area (TPSA) is 143 Å². The number of sulfonamides is 1. The third-order valence-electron chi connectivity index (χ3n) is 5.61. The number of hydrogen-bond acceptors (Lipinski definition) is 9. The summed E-state index contributed by atoms with van der Waals surface area (Å²) in [5, 5.41) is 24.0. The lowest BCUT2D eigenvalue weighted by atomic mass is 10.1. The highest BCUT2D eigenvalue weighted by Gasteiger charge is 2.19. The zero-order chi connectivity index (χ0) is 27.0. The normalized spacial score (nSPS) is 12.0. The number of anilines is 1. The first-order valence-corrected chi connectivity index (χ1v) is 12.8. The lowest BCUT2D eigenvalue weighted by molar-refractivity contribution is 0.0600. The van der Waals surface area contributed by atoms with Gasteiger partial charge in [0.2, 0.25) is 0 Å². The molecule has 0 aliphatic rings. The van der Waals surface area contributed by atoms with E-state index in [4.69, 9.17) is 9.47 Å². The first-order valence-electron chi connectivity index (χ1n) is 11.3. The molecule has 0 radical (unpaired) electrons. The Kier molecular flexibility index (Phi) is 9.34. The second-order valence-electron chi connectivity index (χ2n) is 8.06. The number of nitrogens with one attached hydrogen (secondary N) is 2. The monoisotopic (exact) mass is 530 g/mol. The van der Waals surface area contributed by atoms with Gasteiger partial charge in [-0.05, 0) is 72.6 Å². The van der Waals surface area contributed by atoms with E-state index in [1.165, 1.54) is 49.6 Å². The number of esters is 1. The summed E-state index contributed by atoms with van der Waals surface area (Å²) in [6.45, 7) is 0.783. The number of rotatable bonds is 12. The molecule has 0 aliphatic heterocycles. The van der Waals surface area contributed by atoms with Crippen molar-refractivity contribution in [1.82, 2.24) is 5.32 Å². The van der Waals surface area contributed by atoms with E-state index in [-0.39, 0.29) is 28.4 Å². The molecule has 0 fully saturated rings. The van der Waals surface area contributed by atoms with Crippen LogP contribution in [0.5, 0.6) is 17.2 Å². The SMILES string of the molecule is COC(=O)c1ccc(S(=O)(=O)Nc2cc(C(O)CNCCc3ccc(OC)c(OC)c3)ccc2O)cc1. The van der Waals surface area contributed by atoms with Crippen LogP contribution in [0.1, 0.15) is 27.6 Å². The Morgan fingerprint density at radius 1 is 0.946 bits per heavy atom. The molecule has 0 aromatic heterocycles. The van der Waals surface area contributed by atoms with Gasteiger partial charge in [0, 0.05) is 6.54 Å². The number of phenolic OH excluding ortho intramolecular Hbond substituents is 1. The summed E-state index contributed by atoms with van der Waals surface area (Å²) in [4.78, 5) is 11.5. The number of hydrogen-bond donors (Lipinski definition) is 4. The molecule has 3 aromatic rings. The predicted octanol–water partition coefficient (Wildman–Crippen LogP) is 2.86. The molecular weight excluding hydrogens is 500 g/mol. The summed E-state index contributed by atoms with van der Waals surface area (Å²) in [7, 11) is 0.306. The standard InChI is InChI=1S/C26H30N2O8S/c1-34-24-11-4-17(14-25(24)35-2)12-13-27-16-23(30)19-7-10-22(29)21(15-19)28-37(32,33)20-8-5-18(6-9-20)26(31)36-3/h4-11,14-15,23,27-30H,12-13,16H2,1-3H3. The van der Waals surface area contributed by atoms with Crippen molar-refractivity contribution in [2.45, 2.75) is 17.4 Å². The van der Waals surface area contributed by atoms with Crippen molar-refractivity contribution in [2.24, 2.45) is 0 Å². The Morgan fingerprint density at radius 3 is 2.30 bits per heavy atom. The molecule has 4 N–H and O–H groups in total. The lowest BCUT2D eigenvalue weighted by Gasteiger charge is -2.16. The summed E-state index contributed by atoms with van der Waals surface area (Å²) >= 11 is 0. The fourth-order valence-corrected chi connectivity index (χ4v) is 4.63. The van der Waals surface area contributed by atoms with Crippen LogP contribution in [0.4, 0.5) is 5.69 Å². The van der Waals surface area contributed by atoms with Gasteiger partial charge < -0.3 is 29.7 Å². The average Bonchev–Trinajstić information content (AvgIpc) is 2.91. The zero-order valence-corrected chi connectivity index (χ0v) is 21.5. The van der Waals surface area contributed by atoms with Gasteiger partial charge in [0.1, 0.15) is 5.75 Å². The molecule has 0 bridgehead atoms. The van der Waals surface area contributed by atoms with E-state index in [2.05, 4.69) is 14.8 Å². The van der Waals surface area contributed by atoms with Crippen molar-refractivity contribution in [3.05, 3.63) is 77.4 Å². The number of carbonyl (C=O) groups is 1. The molecule has 0 heterocycles. The molecule has 1 unspecified atom stereocenters. The van der Waals surface area contributed by atoms with Crippen molar-refractivity contribution in [3.63, 3.8) is 0 Å². The molecule has 3 aromatic carbocycles. The van der Waals surface area contributed by atoms with Gasteiger partial charge in [-0.15, -0.1) is 0 Å². The van der Waals surface area contributed by atoms with Crippen molar-refractivity contribution in [3.8, 4) is 17.2 Å². The molecule has 3 rings (SSSR count). The molecule has 10 nitrogen and oxygen atoms in total. The van der Waals surface area contributed by atoms with Crippen LogP contribution in [0.15, 0.2) is 65.6 Å². The Hall–Kier alpha value is -3.80. The maximum atomic E-state index is 12.8. The number of carbonyl (C=O) groups excluding carboxylic acids is 1. The number of aromatic hydroxyl groups is 1. The van der Waals surface area contributed by atoms with Crippen molar-refractivity contribution >= 4 is 21.7 Å². The number of aliphatic hydroxyl groups is 1. The Labute approximate surface area is 215 Å². The van der Waals surface area contributed by atoms with E-state index in [9.17, 15) is 23.4 Å². The van der Waals surface area contributed by atoms with Crippen LogP contribution in [-0.4, -0.2) is 59.0 Å². The van der Waals surface area contributed by atoms with Crippen LogP contribution in [0, 0.1) is 0 Å². The first-order chi connectivity index (χ1) is 17.7. The molecular formula is C26H30N2O8S. The summed E-state index contributed by atoms with van der Waals surface area (Å²) in [5.74, 6) is 0.394. The van der Waals surface area contributed by atoms with E-state index < -0.39 is 22.1 Å². The second-order valence-corrected chi connectivity index (χ2v) is 9.74. The van der Waals surface area contributed by atoms with Gasteiger partial charge in [0.15, 0.2) is 11.5 Å². The highest BCUT2D eigenvalue weighted by atomic mass is 32.2. The van der Waals surface area contributed by atoms with E-state index >= 15 is 0 Å². The van der Waals surface area contributed by atoms with Gasteiger partial charge >= 0.3 is 5.97 Å². The summed E-state index contributed by atoms with van der Waals surface area (Å²) in [6, 6.07) is 15.0. The predicted molar refractivity (Wildman–Crippen MR) is 138 cm³/mol. The maximum absolute atomic E-state index is 12.8. The Balaban J connectivity index is 1.61. The van der Waals surface area contributed by atoms with Gasteiger partial charge in [0.25, 0.3) is 10.0 Å². The fraction of sp³-hybridized carbons (Fsp3) is 0.269. The third kappa shape index (κ3) is 7.13. The Bertz CT molecular complexity index is 1330. The van der Waals surface area contributed by atoms with Crippen LogP contribution in [-0.2, 0) is 21.2 Å². The van der Waals surface area contributed by atoms with Crippen LogP contribution in [0.2, 0.25) is 0 Å². The highest BCUT2D eigenvalue weighted by molar-refractivity contribution is 7.92. The zero-order valence-electron chi connectivity index (χ0n) is 20.7. The number of phenols is 1. The number of ether oxygens (including phenoxy) is 3. The van der Waals surface area contributed by atoms with Gasteiger partial charge in [-0.3, -0.25) is 4.72 Å². The molecule has 0 aliphatic carbocycles. The van der Waals surface area contributed by atoms with E-state index in [0.717, 1.165) is 5.56 Å². The van der Waals surface area contributed by atoms with Crippen molar-refractivity contribution in [2.75, 3.05) is 39.1 Å². The minimum absolute atomic E-state index is 0.0843. The number of aliphatic hydroxyl groups excluding tert-OH is 1. The second kappa shape index (κ2) is 12.4. The minimum Gasteiger partial charge on any atom is -0.506 e. The molecule has 0 saturated heterocycles. The smallest absolute Gasteiger partial charge is 0.337 e. The quantitative estimate of drug-likeness (QED) is 0.158. The van der Waals surface area contributed by atoms with E-state index in [1.54, 1.807) is 14.2 Å². The molecule has 0 spiro atoms. The largest absolute Gasteiger partial charge is 0.506 e. The molecule has 0 saturated carbocycles. The molecule has 11 heteroatoms. The summed E-state index contributed by atoms with van der Waals surface area (Å²) in [5.41, 5.74) is 1.56. The average molecular weight is 531 g/mol. The van der Waals surface area contributed by atoms with Crippen LogP contribution >= 0.6 is 0 Å². The molecule has 37 heavy (non-hydrogen) atoms. The van der Waals surface area contributed by atoms with Gasteiger partial charge in [-0.1, -0.05) is 12.1 Å². The van der Waals surface area contributed by atoms with Gasteiger partial charge in [-0.2, -0.15) is 0 Å². The van der Waals surface area contributed by atoms with Gasteiger partial charge in [0.05, 0.1) is 43.6 Å². The molecule has 198 valence electrons. The highest BCUT2D eigenvalue weighted by Crippen LogP contribution is 2.30. The Morgan fingerprint density at radius 2 is 1.65 bits per heavy atom. The van der Waals surface area contributed by atoms with Crippen LogP contribution in [0.25, 0.3) is 0 Å². The van der Waals surface area contributed by atoms with Crippen LogP contribution < -0.4 is 19.5 Å². The lowest BCUT2D eigenvalue weighted by Crippen LogP contribution is -2.24. The first kappa shape index (κ1) is 27.8. The van der Waals surface area contributed by atoms with Gasteiger partial charge in [-0.25, -0.2) is 13.2 Å². The third-order valence-corrected chi connectivity index (χ3v) is 6.99. The number of benzene rings is 3. The van der Waals surface area contributed by atoms with Crippen molar-refractivity contribution in [1.29, 1.82) is 0 Å².